The van der Waals surface area contributed by atoms with Crippen LogP contribution in [0.2, 0.25) is 0 Å². The van der Waals surface area contributed by atoms with Crippen molar-refractivity contribution in [1.29, 1.82) is 0 Å². The van der Waals surface area contributed by atoms with E-state index in [0.717, 1.165) is 6.42 Å². The molecule has 1 aliphatic carbocycles. The summed E-state index contributed by atoms with van der Waals surface area (Å²) in [4.78, 5) is 24.3. The smallest absolute Gasteiger partial charge is 0.313 e. The molecule has 140 valence electrons. The van der Waals surface area contributed by atoms with Gasteiger partial charge in [0.1, 0.15) is 0 Å². The van der Waals surface area contributed by atoms with Crippen LogP contribution in [0.1, 0.15) is 26.7 Å². The van der Waals surface area contributed by atoms with Crippen molar-refractivity contribution in [3.63, 3.8) is 0 Å². The average molecular weight is 356 g/mol. The monoisotopic (exact) mass is 356 g/mol. The Morgan fingerprint density at radius 2 is 2.04 bits per heavy atom. The van der Waals surface area contributed by atoms with E-state index in [0.29, 0.717) is 17.7 Å². The van der Waals surface area contributed by atoms with Crippen molar-refractivity contribution in [3.05, 3.63) is 72.5 Å². The molecule has 0 aromatic carbocycles. The van der Waals surface area contributed by atoms with Crippen molar-refractivity contribution >= 4 is 11.8 Å². The fourth-order valence-electron chi connectivity index (χ4n) is 2.48. The number of aliphatic hydroxyl groups excluding tert-OH is 1. The van der Waals surface area contributed by atoms with Crippen LogP contribution in [0.3, 0.4) is 0 Å². The van der Waals surface area contributed by atoms with Crippen LogP contribution >= 0.6 is 0 Å². The summed E-state index contributed by atoms with van der Waals surface area (Å²) in [6.07, 6.45) is 14.0. The van der Waals surface area contributed by atoms with E-state index < -0.39 is 17.9 Å². The highest BCUT2D eigenvalue weighted by Crippen LogP contribution is 2.16. The minimum atomic E-state index is -0.792. The Balaban J connectivity index is 2.64. The zero-order valence-corrected chi connectivity index (χ0v) is 15.5. The largest absolute Gasteiger partial charge is 0.394 e. The molecule has 3 N–H and O–H groups in total. The van der Waals surface area contributed by atoms with Crippen LogP contribution < -0.4 is 10.6 Å². The summed E-state index contributed by atoms with van der Waals surface area (Å²) in [5, 5.41) is 14.6. The quantitative estimate of drug-likeness (QED) is 0.462. The molecule has 0 spiro atoms. The number of amides is 2. The summed E-state index contributed by atoms with van der Waals surface area (Å²) in [5.74, 6) is -1.40. The number of carbonyl (C=O) groups is 2. The Morgan fingerprint density at radius 3 is 2.65 bits per heavy atom. The molecule has 0 saturated carbocycles. The zero-order valence-electron chi connectivity index (χ0n) is 15.5. The first kappa shape index (κ1) is 21.4. The molecule has 0 saturated heterocycles. The molecule has 0 aromatic heterocycles. The van der Waals surface area contributed by atoms with E-state index in [1.165, 1.54) is 5.57 Å². The highest BCUT2D eigenvalue weighted by atomic mass is 16.3. The fourth-order valence-corrected chi connectivity index (χ4v) is 2.48. The third kappa shape index (κ3) is 7.49. The van der Waals surface area contributed by atoms with Gasteiger partial charge in [-0.1, -0.05) is 74.6 Å². The maximum atomic E-state index is 12.1. The fraction of sp³-hybridized carbons (Fsp3) is 0.333. The predicted molar refractivity (Wildman–Crippen MR) is 105 cm³/mol. The number of hydrogen-bond acceptors (Lipinski definition) is 3. The Bertz CT molecular complexity index is 669. The second-order valence-electron chi connectivity index (χ2n) is 6.17. The lowest BCUT2D eigenvalue weighted by molar-refractivity contribution is -0.139. The van der Waals surface area contributed by atoms with Gasteiger partial charge in [-0.2, -0.15) is 0 Å². The van der Waals surface area contributed by atoms with Crippen LogP contribution in [0, 0.1) is 5.92 Å². The molecule has 26 heavy (non-hydrogen) atoms. The molecule has 2 amide bonds. The molecule has 0 heterocycles. The van der Waals surface area contributed by atoms with Gasteiger partial charge in [-0.25, -0.2) is 0 Å². The van der Waals surface area contributed by atoms with Crippen molar-refractivity contribution < 1.29 is 14.7 Å². The van der Waals surface area contributed by atoms with E-state index in [-0.39, 0.29) is 12.5 Å². The number of allylic oxidation sites excluding steroid dienone is 8. The Kier molecular flexibility index (Phi) is 9.09. The maximum absolute atomic E-state index is 12.1. The summed E-state index contributed by atoms with van der Waals surface area (Å²) in [6, 6.07) is -0.582. The van der Waals surface area contributed by atoms with E-state index in [1.54, 1.807) is 24.3 Å². The van der Waals surface area contributed by atoms with Crippen molar-refractivity contribution in [1.82, 2.24) is 10.6 Å². The minimum absolute atomic E-state index is 0.156. The van der Waals surface area contributed by atoms with Crippen LogP contribution in [0.4, 0.5) is 0 Å². The van der Waals surface area contributed by atoms with Gasteiger partial charge in [-0.3, -0.25) is 9.59 Å². The normalized spacial score (nSPS) is 17.7. The van der Waals surface area contributed by atoms with Gasteiger partial charge in [-0.05, 0) is 24.8 Å². The minimum Gasteiger partial charge on any atom is -0.394 e. The van der Waals surface area contributed by atoms with Gasteiger partial charge in [0.25, 0.3) is 0 Å². The van der Waals surface area contributed by atoms with Crippen molar-refractivity contribution in [3.8, 4) is 0 Å². The van der Waals surface area contributed by atoms with Gasteiger partial charge in [0.2, 0.25) is 0 Å². The van der Waals surface area contributed by atoms with Crippen LogP contribution in [0.25, 0.3) is 0 Å². The Labute approximate surface area is 155 Å². The molecule has 0 fully saturated rings. The molecule has 1 rings (SSSR count). The third-order valence-corrected chi connectivity index (χ3v) is 3.80. The van der Waals surface area contributed by atoms with Crippen LogP contribution in [-0.2, 0) is 9.59 Å². The number of carbonyl (C=O) groups excluding carboxylic acids is 2. The third-order valence-electron chi connectivity index (χ3n) is 3.80. The topological polar surface area (TPSA) is 78.4 Å². The van der Waals surface area contributed by atoms with Crippen LogP contribution in [-0.4, -0.2) is 29.6 Å². The summed E-state index contributed by atoms with van der Waals surface area (Å²) >= 11 is 0. The summed E-state index contributed by atoms with van der Waals surface area (Å²) in [7, 11) is 0. The first-order chi connectivity index (χ1) is 12.4. The average Bonchev–Trinajstić information content (AvgIpc) is 2.79. The molecule has 0 bridgehead atoms. The van der Waals surface area contributed by atoms with E-state index in [2.05, 4.69) is 36.8 Å². The van der Waals surface area contributed by atoms with Gasteiger partial charge in [0, 0.05) is 5.70 Å². The molecule has 0 aliphatic heterocycles. The van der Waals surface area contributed by atoms with E-state index >= 15 is 0 Å². The molecule has 2 unspecified atom stereocenters. The zero-order chi connectivity index (χ0) is 19.5. The Morgan fingerprint density at radius 1 is 1.31 bits per heavy atom. The summed E-state index contributed by atoms with van der Waals surface area (Å²) < 4.78 is 0. The van der Waals surface area contributed by atoms with Crippen LogP contribution in [0.5, 0.6) is 0 Å². The van der Waals surface area contributed by atoms with E-state index in [1.807, 2.05) is 19.1 Å². The highest BCUT2D eigenvalue weighted by molar-refractivity contribution is 6.35. The number of nitrogens with one attached hydrogen (secondary N) is 2. The van der Waals surface area contributed by atoms with E-state index in [4.69, 9.17) is 0 Å². The standard InChI is InChI=1S/C21H28N2O3/c1-5-7-8-15(3)12-19(14-24)23-21(26)20(25)22-18-10-9-17(6-2)11-16(4)13-18/h5,7-11,13,16,19,24H,1,3,6,12,14H2,2,4H3,(H,22,25)(H,23,26)/b8-7-. The highest BCUT2D eigenvalue weighted by Gasteiger charge is 2.19. The summed E-state index contributed by atoms with van der Waals surface area (Å²) in [6.45, 7) is 11.2. The summed E-state index contributed by atoms with van der Waals surface area (Å²) in [5.41, 5.74) is 2.47. The SMILES string of the molecule is C=C/C=C\C(=C)CC(CO)NC(=O)C(=O)NC1=CC(C)C=C(CC)C=C1. The van der Waals surface area contributed by atoms with Gasteiger partial charge >= 0.3 is 11.8 Å². The Hall–Kier alpha value is -2.66. The molecule has 5 heteroatoms. The number of rotatable bonds is 8. The number of hydrogen-bond donors (Lipinski definition) is 3. The van der Waals surface area contributed by atoms with Crippen molar-refractivity contribution in [2.24, 2.45) is 5.92 Å². The van der Waals surface area contributed by atoms with Gasteiger partial charge in [0.05, 0.1) is 12.6 Å². The maximum Gasteiger partial charge on any atom is 0.313 e. The van der Waals surface area contributed by atoms with Gasteiger partial charge in [-0.15, -0.1) is 0 Å². The van der Waals surface area contributed by atoms with E-state index in [9.17, 15) is 14.7 Å². The van der Waals surface area contributed by atoms with Crippen LogP contribution in [0.15, 0.2) is 72.5 Å². The van der Waals surface area contributed by atoms with Crippen molar-refractivity contribution in [2.75, 3.05) is 6.61 Å². The van der Waals surface area contributed by atoms with Crippen molar-refractivity contribution in [2.45, 2.75) is 32.7 Å². The molecule has 2 atom stereocenters. The lowest BCUT2D eigenvalue weighted by Gasteiger charge is -2.16. The number of aliphatic hydroxyl groups is 1. The molecular formula is C21H28N2O3. The van der Waals surface area contributed by atoms with Gasteiger partial charge < -0.3 is 15.7 Å². The second kappa shape index (κ2) is 11.1. The molecule has 5 nitrogen and oxygen atoms in total. The molecule has 0 radical (unpaired) electrons. The molecular weight excluding hydrogens is 328 g/mol. The second-order valence-corrected chi connectivity index (χ2v) is 6.17. The predicted octanol–water partition coefficient (Wildman–Crippen LogP) is 2.69. The first-order valence-corrected chi connectivity index (χ1v) is 8.69. The lowest BCUT2D eigenvalue weighted by atomic mass is 10.1. The molecule has 1 aliphatic rings. The molecule has 0 aromatic rings. The first-order valence-electron chi connectivity index (χ1n) is 8.69. The lowest BCUT2D eigenvalue weighted by Crippen LogP contribution is -2.45. The van der Waals surface area contributed by atoms with Gasteiger partial charge in [0.15, 0.2) is 0 Å².